The highest BCUT2D eigenvalue weighted by atomic mass is 32.1. The zero-order valence-electron chi connectivity index (χ0n) is 14.1. The van der Waals surface area contributed by atoms with E-state index in [0.29, 0.717) is 0 Å². The average Bonchev–Trinajstić information content (AvgIpc) is 2.61. The largest absolute Gasteiger partial charge is 0.480 e. The van der Waals surface area contributed by atoms with E-state index in [2.05, 4.69) is 35.9 Å². The Balaban J connectivity index is 5.16. The van der Waals surface area contributed by atoms with Gasteiger partial charge < -0.3 is 37.6 Å². The number of carboxylic acid groups (broad SMARTS) is 1. The van der Waals surface area contributed by atoms with Crippen molar-refractivity contribution in [3.05, 3.63) is 0 Å². The van der Waals surface area contributed by atoms with E-state index in [1.54, 1.807) is 0 Å². The zero-order chi connectivity index (χ0) is 21.1. The zero-order valence-corrected chi connectivity index (χ0v) is 15.9. The van der Waals surface area contributed by atoms with Gasteiger partial charge in [-0.3, -0.25) is 19.2 Å². The molecule has 0 aromatic heterocycles. The number of aliphatic hydroxyl groups is 1. The molecule has 27 heavy (non-hydrogen) atoms. The van der Waals surface area contributed by atoms with Crippen molar-refractivity contribution < 1.29 is 34.2 Å². The Morgan fingerprint density at radius 2 is 1.33 bits per heavy atom. The van der Waals surface area contributed by atoms with Crippen LogP contribution in [0.4, 0.5) is 0 Å². The molecule has 0 saturated heterocycles. The maximum atomic E-state index is 12.3. The fourth-order valence-corrected chi connectivity index (χ4v) is 2.12. The molecule has 0 aliphatic heterocycles. The number of amides is 4. The Morgan fingerprint density at radius 3 is 1.74 bits per heavy atom. The van der Waals surface area contributed by atoms with E-state index in [0.717, 1.165) is 0 Å². The molecule has 0 aliphatic carbocycles. The Bertz CT molecular complexity index is 577. The minimum atomic E-state index is -1.64. The smallest absolute Gasteiger partial charge is 0.328 e. The highest BCUT2D eigenvalue weighted by Gasteiger charge is 2.30. The number of carbonyl (C=O) groups is 5. The molecule has 14 heteroatoms. The predicted molar refractivity (Wildman–Crippen MR) is 100 cm³/mol. The Labute approximate surface area is 165 Å². The van der Waals surface area contributed by atoms with Crippen molar-refractivity contribution in [2.24, 2.45) is 11.5 Å². The van der Waals surface area contributed by atoms with Gasteiger partial charge in [0, 0.05) is 11.5 Å². The molecule has 154 valence electrons. The van der Waals surface area contributed by atoms with E-state index < -0.39 is 66.8 Å². The lowest BCUT2D eigenvalue weighted by Gasteiger charge is -2.23. The number of nitrogens with one attached hydrogen (secondary N) is 3. The van der Waals surface area contributed by atoms with Crippen molar-refractivity contribution in [3.8, 4) is 0 Å². The summed E-state index contributed by atoms with van der Waals surface area (Å²) in [5, 5.41) is 24.2. The van der Waals surface area contributed by atoms with E-state index in [1.807, 2.05) is 5.32 Å². The summed E-state index contributed by atoms with van der Waals surface area (Å²) in [5.41, 5.74) is 10.5. The SMILES string of the molecule is NC(=O)CC(NC(=O)C(CS)NC(=O)C(N)CS)C(=O)NC(CO)C(=O)O. The molecule has 0 aromatic rings. The summed E-state index contributed by atoms with van der Waals surface area (Å²) in [4.78, 5) is 58.2. The van der Waals surface area contributed by atoms with Crippen LogP contribution in [0.5, 0.6) is 0 Å². The third kappa shape index (κ3) is 8.94. The molecule has 0 saturated carbocycles. The van der Waals surface area contributed by atoms with Gasteiger partial charge in [0.2, 0.25) is 23.6 Å². The molecule has 9 N–H and O–H groups in total. The van der Waals surface area contributed by atoms with Crippen LogP contribution in [0.2, 0.25) is 0 Å². The van der Waals surface area contributed by atoms with Crippen molar-refractivity contribution >= 4 is 54.9 Å². The summed E-state index contributed by atoms with van der Waals surface area (Å²) in [6.07, 6.45) is -0.640. The first kappa shape index (κ1) is 25.0. The van der Waals surface area contributed by atoms with Crippen LogP contribution in [0.1, 0.15) is 6.42 Å². The molecule has 4 atom stereocenters. The molecule has 0 bridgehead atoms. The number of aliphatic carboxylic acids is 1. The van der Waals surface area contributed by atoms with Crippen LogP contribution in [0.15, 0.2) is 0 Å². The third-order valence-corrected chi connectivity index (χ3v) is 3.94. The quantitative estimate of drug-likeness (QED) is 0.139. The standard InChI is InChI=1S/C13H23N5O7S2/c14-5(3-26)10(21)18-8(4-27)12(23)16-6(1-9(15)20)11(22)17-7(2-19)13(24)25/h5-8,19,26-27H,1-4,14H2,(H2,15,20)(H,16,23)(H,17,22)(H,18,21)(H,24,25). The number of aliphatic hydroxyl groups excluding tert-OH is 1. The van der Waals surface area contributed by atoms with Crippen LogP contribution >= 0.6 is 25.3 Å². The van der Waals surface area contributed by atoms with Crippen molar-refractivity contribution in [2.75, 3.05) is 18.1 Å². The summed E-state index contributed by atoms with van der Waals surface area (Å²) in [6.45, 7) is -0.907. The van der Waals surface area contributed by atoms with E-state index >= 15 is 0 Å². The summed E-state index contributed by atoms with van der Waals surface area (Å²) >= 11 is 7.79. The summed E-state index contributed by atoms with van der Waals surface area (Å²) in [5.74, 6) is -5.21. The summed E-state index contributed by atoms with van der Waals surface area (Å²) < 4.78 is 0. The maximum absolute atomic E-state index is 12.3. The van der Waals surface area contributed by atoms with Gasteiger partial charge in [-0.1, -0.05) is 0 Å². The molecule has 12 nitrogen and oxygen atoms in total. The summed E-state index contributed by atoms with van der Waals surface area (Å²) in [7, 11) is 0. The minimum Gasteiger partial charge on any atom is -0.480 e. The fraction of sp³-hybridized carbons (Fsp3) is 0.615. The number of hydrogen-bond donors (Lipinski definition) is 9. The fourth-order valence-electron chi connectivity index (χ4n) is 1.70. The molecule has 0 heterocycles. The van der Waals surface area contributed by atoms with Gasteiger partial charge in [0.25, 0.3) is 0 Å². The number of thiol groups is 2. The minimum absolute atomic E-state index is 0.0250. The van der Waals surface area contributed by atoms with Crippen LogP contribution in [0.25, 0.3) is 0 Å². The first-order valence-electron chi connectivity index (χ1n) is 7.57. The number of carbonyl (C=O) groups excluding carboxylic acids is 4. The first-order valence-corrected chi connectivity index (χ1v) is 8.84. The second kappa shape index (κ2) is 12.4. The molecule has 0 fully saturated rings. The molecule has 4 amide bonds. The van der Waals surface area contributed by atoms with Crippen LogP contribution in [0, 0.1) is 0 Å². The molecule has 0 aromatic carbocycles. The van der Waals surface area contributed by atoms with Gasteiger partial charge in [0.15, 0.2) is 0 Å². The van der Waals surface area contributed by atoms with Gasteiger partial charge in [-0.15, -0.1) is 0 Å². The molecule has 0 aliphatic rings. The van der Waals surface area contributed by atoms with E-state index in [1.165, 1.54) is 0 Å². The van der Waals surface area contributed by atoms with Gasteiger partial charge in [0.05, 0.1) is 19.1 Å². The number of hydrogen-bond acceptors (Lipinski definition) is 9. The van der Waals surface area contributed by atoms with Crippen molar-refractivity contribution in [2.45, 2.75) is 30.6 Å². The van der Waals surface area contributed by atoms with Gasteiger partial charge in [-0.2, -0.15) is 25.3 Å². The van der Waals surface area contributed by atoms with Crippen molar-refractivity contribution in [1.82, 2.24) is 16.0 Å². The highest BCUT2D eigenvalue weighted by Crippen LogP contribution is 1.98. The third-order valence-electron chi connectivity index (χ3n) is 3.18. The molecule has 0 rings (SSSR count). The second-order valence-electron chi connectivity index (χ2n) is 5.35. The normalized spacial score (nSPS) is 15.0. The highest BCUT2D eigenvalue weighted by molar-refractivity contribution is 7.80. The Morgan fingerprint density at radius 1 is 0.852 bits per heavy atom. The average molecular weight is 425 g/mol. The van der Waals surface area contributed by atoms with Crippen LogP contribution in [-0.2, 0) is 24.0 Å². The molecular formula is C13H23N5O7S2. The number of carboxylic acids is 1. The predicted octanol–water partition coefficient (Wildman–Crippen LogP) is -4.42. The molecular weight excluding hydrogens is 402 g/mol. The topological polar surface area (TPSA) is 214 Å². The first-order chi connectivity index (χ1) is 12.6. The molecule has 4 unspecified atom stereocenters. The lowest BCUT2D eigenvalue weighted by atomic mass is 10.1. The van der Waals surface area contributed by atoms with Crippen LogP contribution in [-0.4, -0.2) is 82.1 Å². The van der Waals surface area contributed by atoms with Gasteiger partial charge in [-0.25, -0.2) is 4.79 Å². The van der Waals surface area contributed by atoms with Crippen LogP contribution < -0.4 is 27.4 Å². The Hall–Kier alpha value is -2.03. The monoisotopic (exact) mass is 425 g/mol. The Kier molecular flexibility index (Phi) is 11.4. The van der Waals surface area contributed by atoms with Crippen molar-refractivity contribution in [3.63, 3.8) is 0 Å². The number of primary amides is 1. The lowest BCUT2D eigenvalue weighted by Crippen LogP contribution is -2.58. The summed E-state index contributed by atoms with van der Waals surface area (Å²) in [6, 6.07) is -5.34. The maximum Gasteiger partial charge on any atom is 0.328 e. The van der Waals surface area contributed by atoms with Crippen molar-refractivity contribution in [1.29, 1.82) is 0 Å². The van der Waals surface area contributed by atoms with E-state index in [9.17, 15) is 24.0 Å². The van der Waals surface area contributed by atoms with Gasteiger partial charge >= 0.3 is 5.97 Å². The van der Waals surface area contributed by atoms with E-state index in [-0.39, 0.29) is 11.5 Å². The second-order valence-corrected chi connectivity index (χ2v) is 6.08. The lowest BCUT2D eigenvalue weighted by molar-refractivity contribution is -0.143. The number of rotatable bonds is 12. The van der Waals surface area contributed by atoms with E-state index in [4.69, 9.17) is 21.7 Å². The van der Waals surface area contributed by atoms with Gasteiger partial charge in [-0.05, 0) is 0 Å². The van der Waals surface area contributed by atoms with Gasteiger partial charge in [0.1, 0.15) is 18.1 Å². The molecule has 0 radical (unpaired) electrons. The molecule has 0 spiro atoms. The van der Waals surface area contributed by atoms with Crippen LogP contribution in [0.3, 0.4) is 0 Å². The number of nitrogens with two attached hydrogens (primary N) is 2.